The van der Waals surface area contributed by atoms with Gasteiger partial charge in [-0.2, -0.15) is 13.2 Å². The van der Waals surface area contributed by atoms with Crippen molar-refractivity contribution in [3.05, 3.63) is 82.1 Å². The van der Waals surface area contributed by atoms with Crippen LogP contribution in [0.1, 0.15) is 35.7 Å². The van der Waals surface area contributed by atoms with Crippen LogP contribution in [0.4, 0.5) is 13.2 Å². The van der Waals surface area contributed by atoms with Gasteiger partial charge in [-0.15, -0.1) is 5.10 Å². The molecule has 1 N–H and O–H groups in total. The van der Waals surface area contributed by atoms with Gasteiger partial charge in [0.25, 0.3) is 0 Å². The third-order valence-corrected chi connectivity index (χ3v) is 5.52. The van der Waals surface area contributed by atoms with E-state index < -0.39 is 23.9 Å². The number of hydrogen-bond donors (Lipinski definition) is 1. The average Bonchev–Trinajstić information content (AvgIpc) is 3.20. The summed E-state index contributed by atoms with van der Waals surface area (Å²) in [5.41, 5.74) is 0.0839. The van der Waals surface area contributed by atoms with Crippen LogP contribution in [-0.4, -0.2) is 32.9 Å². The molecule has 4 rings (SSSR count). The number of rotatable bonds is 5. The first-order valence-corrected chi connectivity index (χ1v) is 10.0. The lowest BCUT2D eigenvalue weighted by atomic mass is 9.94. The minimum absolute atomic E-state index is 0.178. The summed E-state index contributed by atoms with van der Waals surface area (Å²) in [5.74, 6) is 0.663. The molecule has 9 heteroatoms. The highest BCUT2D eigenvalue weighted by atomic mass is 35.5. The quantitative estimate of drug-likeness (QED) is 0.598. The highest BCUT2D eigenvalue weighted by Crippen LogP contribution is 2.40. The molecule has 2 aromatic carbocycles. The van der Waals surface area contributed by atoms with Gasteiger partial charge in [0.2, 0.25) is 5.60 Å². The van der Waals surface area contributed by atoms with Crippen molar-refractivity contribution in [2.24, 2.45) is 0 Å². The second-order valence-corrected chi connectivity index (χ2v) is 7.72. The fourth-order valence-corrected chi connectivity index (χ4v) is 3.73. The topological polar surface area (TPSA) is 60.2 Å². The Morgan fingerprint density at radius 2 is 2.00 bits per heavy atom. The van der Waals surface area contributed by atoms with Gasteiger partial charge in [0.15, 0.2) is 0 Å². The molecule has 3 aromatic rings. The normalized spacial score (nSPS) is 15.6. The molecule has 1 aliphatic heterocycles. The zero-order chi connectivity index (χ0) is 22.2. The predicted molar refractivity (Wildman–Crippen MR) is 110 cm³/mol. The molecule has 5 nitrogen and oxygen atoms in total. The Kier molecular flexibility index (Phi) is 5.53. The van der Waals surface area contributed by atoms with Crippen LogP contribution in [0.25, 0.3) is 5.57 Å². The number of nitrogens with zero attached hydrogens (tertiary/aromatic N) is 3. The summed E-state index contributed by atoms with van der Waals surface area (Å²) in [6.45, 7) is 1.82. The van der Waals surface area contributed by atoms with Crippen molar-refractivity contribution in [3.63, 3.8) is 0 Å². The minimum Gasteiger partial charge on any atom is -0.489 e. The zero-order valence-corrected chi connectivity index (χ0v) is 17.3. The van der Waals surface area contributed by atoms with Crippen molar-refractivity contribution in [3.8, 4) is 5.75 Å². The van der Waals surface area contributed by atoms with Gasteiger partial charge in [0.05, 0.1) is 12.7 Å². The van der Waals surface area contributed by atoms with Crippen LogP contribution >= 0.6 is 11.6 Å². The van der Waals surface area contributed by atoms with Crippen LogP contribution in [0.2, 0.25) is 5.02 Å². The Bertz CT molecular complexity index is 1140. The highest BCUT2D eigenvalue weighted by Gasteiger charge is 2.55. The second kappa shape index (κ2) is 8.01. The molecule has 0 aliphatic carbocycles. The number of ether oxygens (including phenoxy) is 1. The molecule has 0 spiro atoms. The van der Waals surface area contributed by atoms with Gasteiger partial charge in [-0.3, -0.25) is 0 Å². The van der Waals surface area contributed by atoms with Gasteiger partial charge in [-0.1, -0.05) is 48.0 Å². The number of halogens is 4. The molecule has 0 saturated heterocycles. The van der Waals surface area contributed by atoms with Crippen molar-refractivity contribution in [2.45, 2.75) is 31.7 Å². The molecule has 162 valence electrons. The lowest BCUT2D eigenvalue weighted by Gasteiger charge is -2.26. The fraction of sp³-hybridized carbons (Fsp3) is 0.273. The Morgan fingerprint density at radius 3 is 2.71 bits per heavy atom. The lowest BCUT2D eigenvalue weighted by molar-refractivity contribution is -0.269. The summed E-state index contributed by atoms with van der Waals surface area (Å²) >= 11 is 6.12. The van der Waals surface area contributed by atoms with Gasteiger partial charge >= 0.3 is 6.18 Å². The van der Waals surface area contributed by atoms with E-state index in [0.29, 0.717) is 17.4 Å². The van der Waals surface area contributed by atoms with Crippen molar-refractivity contribution in [2.75, 3.05) is 6.61 Å². The third-order valence-electron chi connectivity index (χ3n) is 5.29. The van der Waals surface area contributed by atoms with Gasteiger partial charge < -0.3 is 9.84 Å². The number of fused-ring (bicyclic) bond motifs is 1. The molecule has 0 amide bonds. The van der Waals surface area contributed by atoms with Crippen LogP contribution in [-0.2, 0) is 12.1 Å². The highest BCUT2D eigenvalue weighted by molar-refractivity contribution is 6.30. The van der Waals surface area contributed by atoms with E-state index in [9.17, 15) is 18.3 Å². The molecule has 1 aromatic heterocycles. The van der Waals surface area contributed by atoms with Crippen LogP contribution in [0.5, 0.6) is 5.75 Å². The van der Waals surface area contributed by atoms with Crippen LogP contribution in [0, 0.1) is 0 Å². The second-order valence-electron chi connectivity index (χ2n) is 7.28. The zero-order valence-electron chi connectivity index (χ0n) is 16.5. The molecular formula is C22H19ClF3N3O2. The first-order valence-electron chi connectivity index (χ1n) is 9.63. The van der Waals surface area contributed by atoms with Crippen LogP contribution < -0.4 is 4.74 Å². The van der Waals surface area contributed by atoms with E-state index in [4.69, 9.17) is 16.3 Å². The van der Waals surface area contributed by atoms with E-state index in [1.54, 1.807) is 6.07 Å². The molecule has 2 heterocycles. The Balaban J connectivity index is 1.59. The van der Waals surface area contributed by atoms with Crippen molar-refractivity contribution >= 4 is 17.2 Å². The maximum atomic E-state index is 13.3. The van der Waals surface area contributed by atoms with Gasteiger partial charge in [0, 0.05) is 10.6 Å². The van der Waals surface area contributed by atoms with E-state index in [0.717, 1.165) is 28.5 Å². The molecule has 1 unspecified atom stereocenters. The molecule has 31 heavy (non-hydrogen) atoms. The number of aliphatic hydroxyl groups is 1. The average molecular weight is 450 g/mol. The molecule has 1 atom stereocenters. The number of benzene rings is 2. The van der Waals surface area contributed by atoms with E-state index in [1.165, 1.54) is 11.6 Å². The van der Waals surface area contributed by atoms with Crippen molar-refractivity contribution in [1.82, 2.24) is 15.0 Å². The van der Waals surface area contributed by atoms with Crippen LogP contribution in [0.3, 0.4) is 0 Å². The maximum Gasteiger partial charge on any atom is 0.423 e. The van der Waals surface area contributed by atoms with Gasteiger partial charge in [0.1, 0.15) is 18.1 Å². The molecule has 0 bridgehead atoms. The number of hydrogen-bond acceptors (Lipinski definition) is 4. The molecule has 0 fully saturated rings. The first-order chi connectivity index (χ1) is 14.7. The van der Waals surface area contributed by atoms with Gasteiger partial charge in [-0.25, -0.2) is 4.68 Å². The standard InChI is InChI=1S/C22H19ClF3N3O2/c1-2-21(30,22(24,25)26)20-13-29(28-27-20)12-14-6-7-18-17(8-9-31-19(18)10-14)15-4-3-5-16(23)11-15/h3-8,10-11,13,30H,2,9,12H2,1H3. The summed E-state index contributed by atoms with van der Waals surface area (Å²) in [6.07, 6.45) is -2.31. The molecule has 0 saturated carbocycles. The monoisotopic (exact) mass is 449 g/mol. The fourth-order valence-electron chi connectivity index (χ4n) is 3.54. The molecule has 1 aliphatic rings. The summed E-state index contributed by atoms with van der Waals surface area (Å²) in [5, 5.41) is 18.0. The van der Waals surface area contributed by atoms with Gasteiger partial charge in [-0.05, 0) is 47.4 Å². The van der Waals surface area contributed by atoms with E-state index in [-0.39, 0.29) is 6.54 Å². The Morgan fingerprint density at radius 1 is 1.19 bits per heavy atom. The predicted octanol–water partition coefficient (Wildman–Crippen LogP) is 4.96. The van der Waals surface area contributed by atoms with E-state index in [1.807, 2.05) is 42.5 Å². The third kappa shape index (κ3) is 4.05. The van der Waals surface area contributed by atoms with Crippen molar-refractivity contribution in [1.29, 1.82) is 0 Å². The summed E-state index contributed by atoms with van der Waals surface area (Å²) in [4.78, 5) is 0. The summed E-state index contributed by atoms with van der Waals surface area (Å²) in [6, 6.07) is 13.1. The lowest BCUT2D eigenvalue weighted by Crippen LogP contribution is -2.42. The number of aromatic nitrogens is 3. The van der Waals surface area contributed by atoms with Crippen molar-refractivity contribution < 1.29 is 23.0 Å². The smallest absolute Gasteiger partial charge is 0.423 e. The summed E-state index contributed by atoms with van der Waals surface area (Å²) < 4.78 is 46.8. The van der Waals surface area contributed by atoms with Crippen LogP contribution in [0.15, 0.2) is 54.7 Å². The molecule has 0 radical (unpaired) electrons. The Hall–Kier alpha value is -2.84. The Labute approximate surface area is 181 Å². The maximum absolute atomic E-state index is 13.3. The first kappa shape index (κ1) is 21.4. The van der Waals surface area contributed by atoms with E-state index in [2.05, 4.69) is 10.3 Å². The van der Waals surface area contributed by atoms with E-state index >= 15 is 0 Å². The largest absolute Gasteiger partial charge is 0.489 e. The molecular weight excluding hydrogens is 431 g/mol. The number of alkyl halides is 3. The SMILES string of the molecule is CCC(O)(c1cn(Cc2ccc3c(c2)OCC=C3c2cccc(Cl)c2)nn1)C(F)(F)F. The minimum atomic E-state index is -4.84. The summed E-state index contributed by atoms with van der Waals surface area (Å²) in [7, 11) is 0.